The Morgan fingerprint density at radius 3 is 3.05 bits per heavy atom. The minimum atomic E-state index is -0.219. The zero-order valence-corrected chi connectivity index (χ0v) is 11.4. The molecule has 1 saturated heterocycles. The van der Waals surface area contributed by atoms with Gasteiger partial charge in [0.25, 0.3) is 0 Å². The lowest BCUT2D eigenvalue weighted by Crippen LogP contribution is -2.53. The number of amides is 1. The topological polar surface area (TPSA) is 59.0 Å². The van der Waals surface area contributed by atoms with Gasteiger partial charge >= 0.3 is 0 Å². The summed E-state index contributed by atoms with van der Waals surface area (Å²) in [6, 6.07) is 5.44. The van der Waals surface area contributed by atoms with Crippen molar-refractivity contribution in [1.82, 2.24) is 20.2 Å². The van der Waals surface area contributed by atoms with Crippen molar-refractivity contribution >= 4 is 28.5 Å². The van der Waals surface area contributed by atoms with Gasteiger partial charge in [0.05, 0.1) is 22.1 Å². The average Bonchev–Trinajstić information content (AvgIpc) is 2.71. The first-order valence-corrected chi connectivity index (χ1v) is 6.65. The van der Waals surface area contributed by atoms with Gasteiger partial charge in [-0.1, -0.05) is 17.7 Å². The summed E-state index contributed by atoms with van der Waals surface area (Å²) in [5.41, 5.74) is 1.77. The molecule has 1 amide bonds. The summed E-state index contributed by atoms with van der Waals surface area (Å²) in [6.45, 7) is 1.48. The highest BCUT2D eigenvalue weighted by molar-refractivity contribution is 6.35. The first-order valence-electron chi connectivity index (χ1n) is 6.28. The van der Waals surface area contributed by atoms with Crippen LogP contribution >= 0.6 is 11.6 Å². The number of piperazine rings is 1. The fourth-order valence-electron chi connectivity index (χ4n) is 2.45. The number of rotatable bonds is 2. The van der Waals surface area contributed by atoms with E-state index in [1.165, 1.54) is 0 Å². The summed E-state index contributed by atoms with van der Waals surface area (Å²) in [4.78, 5) is 16.3. The Morgan fingerprint density at radius 2 is 2.32 bits per heavy atom. The van der Waals surface area contributed by atoms with E-state index in [2.05, 4.69) is 15.6 Å². The highest BCUT2D eigenvalue weighted by Gasteiger charge is 2.24. The molecule has 19 heavy (non-hydrogen) atoms. The van der Waals surface area contributed by atoms with E-state index >= 15 is 0 Å². The highest BCUT2D eigenvalue weighted by atomic mass is 35.5. The number of carbonyl (C=O) groups is 1. The van der Waals surface area contributed by atoms with Crippen LogP contribution < -0.4 is 10.6 Å². The van der Waals surface area contributed by atoms with E-state index < -0.39 is 0 Å². The van der Waals surface area contributed by atoms with Crippen LogP contribution in [0.5, 0.6) is 0 Å². The van der Waals surface area contributed by atoms with Crippen molar-refractivity contribution in [1.29, 1.82) is 0 Å². The molecule has 2 heterocycles. The number of aromatic nitrogens is 2. The van der Waals surface area contributed by atoms with E-state index in [9.17, 15) is 4.79 Å². The number of aryl methyl sites for hydroxylation is 1. The van der Waals surface area contributed by atoms with Crippen LogP contribution in [0.15, 0.2) is 18.2 Å². The van der Waals surface area contributed by atoms with Crippen LogP contribution in [0.2, 0.25) is 5.02 Å². The second kappa shape index (κ2) is 4.83. The van der Waals surface area contributed by atoms with Gasteiger partial charge in [-0.15, -0.1) is 0 Å². The lowest BCUT2D eigenvalue weighted by atomic mass is 10.1. The van der Waals surface area contributed by atoms with Crippen LogP contribution in [0, 0.1) is 0 Å². The molecule has 1 aliphatic heterocycles. The molecule has 1 aromatic heterocycles. The molecule has 100 valence electrons. The Bertz CT molecular complexity index is 637. The first kappa shape index (κ1) is 12.4. The summed E-state index contributed by atoms with van der Waals surface area (Å²) in [6.07, 6.45) is 0.563. The lowest BCUT2D eigenvalue weighted by molar-refractivity contribution is -0.124. The van der Waals surface area contributed by atoms with Gasteiger partial charge in [0, 0.05) is 26.6 Å². The maximum atomic E-state index is 11.8. The van der Waals surface area contributed by atoms with Gasteiger partial charge in [-0.3, -0.25) is 4.79 Å². The van der Waals surface area contributed by atoms with Crippen LogP contribution in [0.3, 0.4) is 0 Å². The molecule has 2 N–H and O–H groups in total. The van der Waals surface area contributed by atoms with Gasteiger partial charge in [-0.05, 0) is 12.1 Å². The quantitative estimate of drug-likeness (QED) is 0.857. The van der Waals surface area contributed by atoms with Gasteiger partial charge in [0.2, 0.25) is 5.91 Å². The predicted molar refractivity (Wildman–Crippen MR) is 74.2 cm³/mol. The molecule has 1 aromatic carbocycles. The number of hydrogen-bond acceptors (Lipinski definition) is 3. The number of benzene rings is 1. The fraction of sp³-hybridized carbons (Fsp3) is 0.385. The van der Waals surface area contributed by atoms with Gasteiger partial charge in [0.15, 0.2) is 0 Å². The van der Waals surface area contributed by atoms with E-state index in [0.29, 0.717) is 18.0 Å². The summed E-state index contributed by atoms with van der Waals surface area (Å²) < 4.78 is 1.96. The Kier molecular flexibility index (Phi) is 3.16. The Hall–Kier alpha value is -1.59. The standard InChI is InChI=1S/C13H15ClN4O/c1-18-11(7-10-13(19)16-6-5-15-10)17-9-4-2-3-8(14)12(9)18/h2-4,10,15H,5-7H2,1H3,(H,16,19). The fourth-order valence-corrected chi connectivity index (χ4v) is 2.74. The second-order valence-electron chi connectivity index (χ2n) is 4.70. The maximum absolute atomic E-state index is 11.8. The molecule has 0 aliphatic carbocycles. The van der Waals surface area contributed by atoms with Crippen molar-refractivity contribution in [2.75, 3.05) is 13.1 Å². The number of nitrogens with zero attached hydrogens (tertiary/aromatic N) is 2. The number of hydrogen-bond donors (Lipinski definition) is 2. The zero-order valence-electron chi connectivity index (χ0n) is 10.6. The second-order valence-corrected chi connectivity index (χ2v) is 5.10. The average molecular weight is 279 g/mol. The third-order valence-electron chi connectivity index (χ3n) is 3.46. The van der Waals surface area contributed by atoms with E-state index in [0.717, 1.165) is 23.4 Å². The van der Waals surface area contributed by atoms with Crippen molar-refractivity contribution in [2.45, 2.75) is 12.5 Å². The number of halogens is 1. The van der Waals surface area contributed by atoms with E-state index in [4.69, 9.17) is 11.6 Å². The minimum absolute atomic E-state index is 0.0319. The van der Waals surface area contributed by atoms with Gasteiger partial charge in [-0.2, -0.15) is 0 Å². The number of para-hydroxylation sites is 1. The molecule has 1 aliphatic rings. The molecule has 0 spiro atoms. The summed E-state index contributed by atoms with van der Waals surface area (Å²) in [5.74, 6) is 0.891. The molecule has 1 fully saturated rings. The Labute approximate surface area is 116 Å². The van der Waals surface area contributed by atoms with Crippen molar-refractivity contribution in [3.8, 4) is 0 Å². The molecule has 1 unspecified atom stereocenters. The number of carbonyl (C=O) groups excluding carboxylic acids is 1. The highest BCUT2D eigenvalue weighted by Crippen LogP contribution is 2.24. The van der Waals surface area contributed by atoms with E-state index in [1.807, 2.05) is 29.8 Å². The molecule has 1 atom stereocenters. The van der Waals surface area contributed by atoms with Crippen molar-refractivity contribution < 1.29 is 4.79 Å². The lowest BCUT2D eigenvalue weighted by Gasteiger charge is -2.23. The van der Waals surface area contributed by atoms with Crippen molar-refractivity contribution in [3.05, 3.63) is 29.0 Å². The van der Waals surface area contributed by atoms with Crippen LogP contribution in [-0.4, -0.2) is 34.6 Å². The molecular weight excluding hydrogens is 264 g/mol. The van der Waals surface area contributed by atoms with Gasteiger partial charge < -0.3 is 15.2 Å². The SMILES string of the molecule is Cn1c(CC2NCCNC2=O)nc2cccc(Cl)c21. The third kappa shape index (κ3) is 2.19. The van der Waals surface area contributed by atoms with E-state index in [1.54, 1.807) is 0 Å². The van der Waals surface area contributed by atoms with Gasteiger partial charge in [-0.25, -0.2) is 4.98 Å². The number of fused-ring (bicyclic) bond motifs is 1. The van der Waals surface area contributed by atoms with E-state index in [-0.39, 0.29) is 11.9 Å². The molecule has 5 nitrogen and oxygen atoms in total. The summed E-state index contributed by atoms with van der Waals surface area (Å²) in [5, 5.41) is 6.74. The molecule has 2 aromatic rings. The van der Waals surface area contributed by atoms with Crippen LogP contribution in [0.25, 0.3) is 11.0 Å². The van der Waals surface area contributed by atoms with Crippen LogP contribution in [0.1, 0.15) is 5.82 Å². The van der Waals surface area contributed by atoms with Crippen molar-refractivity contribution in [2.24, 2.45) is 7.05 Å². The minimum Gasteiger partial charge on any atom is -0.353 e. The number of imidazole rings is 1. The molecule has 3 rings (SSSR count). The predicted octanol–water partition coefficient (Wildman–Crippen LogP) is 0.857. The molecular formula is C13H15ClN4O. The normalized spacial score (nSPS) is 19.7. The molecule has 0 saturated carbocycles. The Morgan fingerprint density at radius 1 is 1.47 bits per heavy atom. The molecule has 0 radical (unpaired) electrons. The largest absolute Gasteiger partial charge is 0.353 e. The Balaban J connectivity index is 1.95. The molecule has 6 heteroatoms. The molecule has 0 bridgehead atoms. The first-order chi connectivity index (χ1) is 9.16. The van der Waals surface area contributed by atoms with Crippen LogP contribution in [0.4, 0.5) is 0 Å². The third-order valence-corrected chi connectivity index (χ3v) is 3.76. The number of nitrogens with one attached hydrogen (secondary N) is 2. The van der Waals surface area contributed by atoms with Crippen LogP contribution in [-0.2, 0) is 18.3 Å². The zero-order chi connectivity index (χ0) is 13.4. The monoisotopic (exact) mass is 278 g/mol. The summed E-state index contributed by atoms with van der Waals surface area (Å²) >= 11 is 6.19. The van der Waals surface area contributed by atoms with Gasteiger partial charge in [0.1, 0.15) is 5.82 Å². The maximum Gasteiger partial charge on any atom is 0.237 e. The summed E-state index contributed by atoms with van der Waals surface area (Å²) in [7, 11) is 1.93. The van der Waals surface area contributed by atoms with Crippen molar-refractivity contribution in [3.63, 3.8) is 0 Å². The smallest absolute Gasteiger partial charge is 0.237 e.